The van der Waals surface area contributed by atoms with Crippen molar-refractivity contribution in [3.05, 3.63) is 40.9 Å². The fourth-order valence-corrected chi connectivity index (χ4v) is 6.73. The molecule has 37 heavy (non-hydrogen) atoms. The highest BCUT2D eigenvalue weighted by molar-refractivity contribution is 7.19. The standard InChI is InChI=1S/C28H31N7OS/c29-16-20-14-23-22(2-1-3-24(23)30-20)27-31-25-15-21(18-34-8-6-33(7-9-34)17-19-4-5-19)37-26(25)28(32-27)35-10-12-36-13-11-35/h1-3,14-15,19,30H,4-13,17-18H2. The number of H-pyrrole nitrogens is 1. The third-order valence-corrected chi connectivity index (χ3v) is 8.90. The van der Waals surface area contributed by atoms with Crippen molar-refractivity contribution in [3.63, 3.8) is 0 Å². The van der Waals surface area contributed by atoms with E-state index in [1.807, 2.05) is 29.5 Å². The number of aromatic amines is 1. The van der Waals surface area contributed by atoms with E-state index in [0.29, 0.717) is 24.7 Å². The summed E-state index contributed by atoms with van der Waals surface area (Å²) in [5.74, 6) is 2.67. The number of hydrogen-bond donors (Lipinski definition) is 1. The minimum absolute atomic E-state index is 0.548. The molecule has 3 aliphatic rings. The van der Waals surface area contributed by atoms with Crippen LogP contribution in [0.25, 0.3) is 32.5 Å². The summed E-state index contributed by atoms with van der Waals surface area (Å²) < 4.78 is 6.80. The van der Waals surface area contributed by atoms with Crippen molar-refractivity contribution >= 4 is 38.3 Å². The van der Waals surface area contributed by atoms with Gasteiger partial charge in [-0.05, 0) is 37.0 Å². The molecule has 5 heterocycles. The van der Waals surface area contributed by atoms with Crippen LogP contribution in [0.2, 0.25) is 0 Å². The Morgan fingerprint density at radius 3 is 2.62 bits per heavy atom. The first-order valence-corrected chi connectivity index (χ1v) is 14.2. The number of aromatic nitrogens is 3. The Balaban J connectivity index is 1.22. The summed E-state index contributed by atoms with van der Waals surface area (Å²) in [5, 5.41) is 10.4. The van der Waals surface area contributed by atoms with Crippen LogP contribution in [0.15, 0.2) is 30.3 Å². The predicted octanol–water partition coefficient (Wildman–Crippen LogP) is 4.08. The number of anilines is 1. The number of nitrogens with zero attached hydrogens (tertiary/aromatic N) is 6. The average Bonchev–Trinajstić information content (AvgIpc) is 3.49. The van der Waals surface area contributed by atoms with Crippen LogP contribution in [-0.2, 0) is 11.3 Å². The fourth-order valence-electron chi connectivity index (χ4n) is 5.58. The summed E-state index contributed by atoms with van der Waals surface area (Å²) in [6.45, 7) is 9.95. The van der Waals surface area contributed by atoms with Crippen LogP contribution in [-0.4, -0.2) is 83.8 Å². The fraction of sp³-hybridized carbons (Fsp3) is 0.464. The van der Waals surface area contributed by atoms with Gasteiger partial charge in [0, 0.05) is 73.7 Å². The first kappa shape index (κ1) is 23.1. The van der Waals surface area contributed by atoms with E-state index in [4.69, 9.17) is 14.7 Å². The topological polar surface area (TPSA) is 84.3 Å². The zero-order chi connectivity index (χ0) is 24.8. The lowest BCUT2D eigenvalue weighted by molar-refractivity contribution is 0.122. The van der Waals surface area contributed by atoms with E-state index in [-0.39, 0.29) is 0 Å². The number of thiophene rings is 1. The van der Waals surface area contributed by atoms with Crippen molar-refractivity contribution in [3.8, 4) is 17.5 Å². The zero-order valence-electron chi connectivity index (χ0n) is 20.9. The van der Waals surface area contributed by atoms with E-state index in [9.17, 15) is 5.26 Å². The molecule has 0 unspecified atom stereocenters. The predicted molar refractivity (Wildman–Crippen MR) is 147 cm³/mol. The Hall–Kier alpha value is -3.03. The van der Waals surface area contributed by atoms with Crippen molar-refractivity contribution in [1.29, 1.82) is 5.26 Å². The zero-order valence-corrected chi connectivity index (χ0v) is 21.8. The summed E-state index contributed by atoms with van der Waals surface area (Å²) >= 11 is 1.84. The highest BCUT2D eigenvalue weighted by atomic mass is 32.1. The molecule has 4 aromatic rings. The van der Waals surface area contributed by atoms with E-state index in [1.165, 1.54) is 37.4 Å². The van der Waals surface area contributed by atoms with Gasteiger partial charge in [0.15, 0.2) is 11.6 Å². The Kier molecular flexibility index (Phi) is 6.05. The Morgan fingerprint density at radius 1 is 1.03 bits per heavy atom. The summed E-state index contributed by atoms with van der Waals surface area (Å²) in [7, 11) is 0. The van der Waals surface area contributed by atoms with Gasteiger partial charge in [0.05, 0.1) is 23.4 Å². The number of hydrogen-bond acceptors (Lipinski definition) is 8. The minimum atomic E-state index is 0.548. The van der Waals surface area contributed by atoms with Crippen LogP contribution in [0.5, 0.6) is 0 Å². The van der Waals surface area contributed by atoms with Gasteiger partial charge in [0.25, 0.3) is 0 Å². The van der Waals surface area contributed by atoms with Crippen molar-refractivity contribution < 1.29 is 4.74 Å². The number of ether oxygens (including phenoxy) is 1. The van der Waals surface area contributed by atoms with Gasteiger partial charge in [0.2, 0.25) is 0 Å². The lowest BCUT2D eigenvalue weighted by Gasteiger charge is -2.34. The quantitative estimate of drug-likeness (QED) is 0.416. The molecule has 8 nitrogen and oxygen atoms in total. The van der Waals surface area contributed by atoms with Gasteiger partial charge < -0.3 is 19.5 Å². The highest BCUT2D eigenvalue weighted by Crippen LogP contribution is 2.37. The lowest BCUT2D eigenvalue weighted by Crippen LogP contribution is -2.46. The molecule has 3 aromatic heterocycles. The molecule has 2 saturated heterocycles. The molecule has 1 aliphatic carbocycles. The average molecular weight is 514 g/mol. The van der Waals surface area contributed by atoms with Crippen LogP contribution in [0.4, 0.5) is 5.82 Å². The lowest BCUT2D eigenvalue weighted by atomic mass is 10.1. The van der Waals surface area contributed by atoms with E-state index < -0.39 is 0 Å². The molecular weight excluding hydrogens is 482 g/mol. The van der Waals surface area contributed by atoms with Gasteiger partial charge in [-0.3, -0.25) is 4.90 Å². The number of benzene rings is 1. The maximum atomic E-state index is 9.41. The molecule has 190 valence electrons. The van der Waals surface area contributed by atoms with Crippen LogP contribution in [0.3, 0.4) is 0 Å². The maximum Gasteiger partial charge on any atom is 0.162 e. The second kappa shape index (κ2) is 9.69. The summed E-state index contributed by atoms with van der Waals surface area (Å²) in [5.41, 5.74) is 3.43. The molecule has 0 amide bonds. The number of fused-ring (bicyclic) bond motifs is 2. The van der Waals surface area contributed by atoms with Gasteiger partial charge in [0.1, 0.15) is 11.8 Å². The van der Waals surface area contributed by atoms with E-state index >= 15 is 0 Å². The SMILES string of the molecule is N#Cc1cc2c(-c3nc(N4CCOCC4)c4sc(CN5CCN(CC6CC6)CC5)cc4n3)cccc2[nH]1. The summed E-state index contributed by atoms with van der Waals surface area (Å²) in [4.78, 5) is 22.3. The minimum Gasteiger partial charge on any atom is -0.378 e. The molecule has 0 atom stereocenters. The largest absolute Gasteiger partial charge is 0.378 e. The van der Waals surface area contributed by atoms with Gasteiger partial charge in [-0.1, -0.05) is 12.1 Å². The van der Waals surface area contributed by atoms with Gasteiger partial charge in [-0.15, -0.1) is 11.3 Å². The molecule has 0 radical (unpaired) electrons. The monoisotopic (exact) mass is 513 g/mol. The molecular formula is C28H31N7OS. The molecule has 1 N–H and O–H groups in total. The molecule has 1 aromatic carbocycles. The number of nitrogens with one attached hydrogen (secondary N) is 1. The van der Waals surface area contributed by atoms with E-state index in [1.54, 1.807) is 0 Å². The molecule has 1 saturated carbocycles. The van der Waals surface area contributed by atoms with Crippen LogP contribution < -0.4 is 4.90 Å². The third-order valence-electron chi connectivity index (χ3n) is 7.80. The molecule has 7 rings (SSSR count). The first-order valence-electron chi connectivity index (χ1n) is 13.3. The third kappa shape index (κ3) is 4.71. The Morgan fingerprint density at radius 2 is 1.84 bits per heavy atom. The highest BCUT2D eigenvalue weighted by Gasteiger charge is 2.27. The van der Waals surface area contributed by atoms with Crippen molar-refractivity contribution in [2.75, 3.05) is 63.9 Å². The second-order valence-electron chi connectivity index (χ2n) is 10.5. The van der Waals surface area contributed by atoms with Gasteiger partial charge in [-0.2, -0.15) is 5.26 Å². The summed E-state index contributed by atoms with van der Waals surface area (Å²) in [6.07, 6.45) is 2.85. The van der Waals surface area contributed by atoms with Crippen LogP contribution in [0.1, 0.15) is 23.4 Å². The van der Waals surface area contributed by atoms with E-state index in [2.05, 4.69) is 37.9 Å². The van der Waals surface area contributed by atoms with Crippen molar-refractivity contribution in [1.82, 2.24) is 24.8 Å². The van der Waals surface area contributed by atoms with Crippen molar-refractivity contribution in [2.45, 2.75) is 19.4 Å². The Labute approximate surface area is 220 Å². The number of nitriles is 1. The molecule has 3 fully saturated rings. The second-order valence-corrected chi connectivity index (χ2v) is 11.6. The number of rotatable bonds is 6. The first-order chi connectivity index (χ1) is 18.2. The van der Waals surface area contributed by atoms with Gasteiger partial charge in [-0.25, -0.2) is 9.97 Å². The normalized spacial score (nSPS) is 19.6. The smallest absolute Gasteiger partial charge is 0.162 e. The molecule has 0 bridgehead atoms. The molecule has 9 heteroatoms. The molecule has 2 aliphatic heterocycles. The van der Waals surface area contributed by atoms with Crippen LogP contribution >= 0.6 is 11.3 Å². The van der Waals surface area contributed by atoms with Crippen molar-refractivity contribution in [2.24, 2.45) is 5.92 Å². The van der Waals surface area contributed by atoms with Gasteiger partial charge >= 0.3 is 0 Å². The maximum absolute atomic E-state index is 9.41. The Bertz CT molecular complexity index is 1470. The number of piperazine rings is 1. The number of morpholine rings is 1. The summed E-state index contributed by atoms with van der Waals surface area (Å²) in [6, 6.07) is 12.4. The van der Waals surface area contributed by atoms with E-state index in [0.717, 1.165) is 71.1 Å². The van der Waals surface area contributed by atoms with Crippen LogP contribution in [0, 0.1) is 17.2 Å². The molecule has 0 spiro atoms.